The predicted octanol–water partition coefficient (Wildman–Crippen LogP) is 7.47. The molecule has 0 saturated carbocycles. The fourth-order valence-corrected chi connectivity index (χ4v) is 12.4. The number of methoxy groups -OCH3 is 2. The second kappa shape index (κ2) is 30.9. The number of H-pyrrole nitrogens is 1. The maximum Gasteiger partial charge on any atom is 0.292 e. The zero-order chi connectivity index (χ0) is 61.3. The van der Waals surface area contributed by atoms with E-state index in [0.29, 0.717) is 93.9 Å². The van der Waals surface area contributed by atoms with E-state index in [2.05, 4.69) is 79.8 Å². The molecule has 6 aromatic rings. The van der Waals surface area contributed by atoms with Crippen LogP contribution in [0.25, 0.3) is 22.4 Å². The average Bonchev–Trinajstić information content (AvgIpc) is 2.49. The van der Waals surface area contributed by atoms with Gasteiger partial charge in [0.05, 0.1) is 86.1 Å². The Kier molecular flexibility index (Phi) is 24.0. The van der Waals surface area contributed by atoms with Crippen molar-refractivity contribution in [2.45, 2.75) is 57.8 Å². The number of pyridine rings is 2. The monoisotopic (exact) mass is 1520 g/mol. The Morgan fingerprint density at radius 2 is 0.943 bits per heavy atom. The Labute approximate surface area is 549 Å². The van der Waals surface area contributed by atoms with Gasteiger partial charge in [0.1, 0.15) is 11.5 Å². The minimum absolute atomic E-state index is 0. The van der Waals surface area contributed by atoms with Crippen molar-refractivity contribution < 1.29 is 68.4 Å². The normalized spacial score (nSPS) is 16.1. The molecule has 0 bridgehead atoms. The van der Waals surface area contributed by atoms with Gasteiger partial charge in [-0.25, -0.2) is 15.0 Å². The number of hydrogen-bond donors (Lipinski definition) is 4. The minimum Gasteiger partial charge on any atom is -0.480 e. The predicted molar refractivity (Wildman–Crippen MR) is 344 cm³/mol. The van der Waals surface area contributed by atoms with Crippen molar-refractivity contribution in [3.63, 3.8) is 0 Å². The van der Waals surface area contributed by atoms with Crippen molar-refractivity contribution in [3.8, 4) is 23.1 Å². The quantitative estimate of drug-likeness (QED) is 0.0101. The molecule has 28 heteroatoms. The number of carbonyl (C=O) groups excluding carboxylic acids is 7. The van der Waals surface area contributed by atoms with E-state index in [1.165, 1.54) is 73.6 Å². The minimum atomic E-state index is -0.649. The summed E-state index contributed by atoms with van der Waals surface area (Å²) in [5, 5.41) is 10.9. The van der Waals surface area contributed by atoms with Crippen molar-refractivity contribution in [3.05, 3.63) is 125 Å². The maximum absolute atomic E-state index is 12.9. The molecule has 3 aromatic heterocycles. The van der Waals surface area contributed by atoms with Crippen LogP contribution in [0.2, 0.25) is 0 Å². The number of likely N-dealkylation sites (tertiary alicyclic amines) is 3. The van der Waals surface area contributed by atoms with Crippen LogP contribution in [0.15, 0.2) is 60.9 Å². The topological polar surface area (TPSA) is 333 Å². The molecule has 470 valence electrons. The molecule has 0 spiro atoms. The number of imide groups is 3. The van der Waals surface area contributed by atoms with Crippen molar-refractivity contribution in [1.29, 1.82) is 0 Å². The van der Waals surface area contributed by atoms with Crippen LogP contribution in [0.3, 0.4) is 0 Å². The van der Waals surface area contributed by atoms with Crippen molar-refractivity contribution in [1.82, 2.24) is 49.3 Å². The molecule has 6 aliphatic heterocycles. The summed E-state index contributed by atoms with van der Waals surface area (Å²) < 4.78 is 12.0. The van der Waals surface area contributed by atoms with Gasteiger partial charge in [0.2, 0.25) is 11.8 Å². The number of halogens is 2. The number of ether oxygens (including phenoxy) is 2. The molecular formula is C60H69I2N14O11Pd-. The summed E-state index contributed by atoms with van der Waals surface area (Å²) in [6.07, 6.45) is 13.7. The number of aromatic amines is 1. The number of nitrogens with two attached hydrogens (primary N) is 3. The number of imidazole rings is 1. The first-order chi connectivity index (χ1) is 41.4. The number of nitrogens with zero attached hydrogens (tertiary/aromatic N) is 10. The van der Waals surface area contributed by atoms with Crippen LogP contribution < -0.4 is 26.7 Å². The number of nitro groups is 1. The number of nitro benzene ring substituents is 1. The molecule has 9 heterocycles. The number of aromatic nitrogens is 4. The van der Waals surface area contributed by atoms with Gasteiger partial charge in [0, 0.05) is 65.7 Å². The van der Waals surface area contributed by atoms with Gasteiger partial charge in [-0.2, -0.15) is 0 Å². The fraction of sp³-hybridized carbons (Fsp3) is 0.383. The van der Waals surface area contributed by atoms with Crippen LogP contribution in [0.4, 0.5) is 22.7 Å². The second-order valence-electron chi connectivity index (χ2n) is 21.2. The van der Waals surface area contributed by atoms with Crippen LogP contribution in [-0.4, -0.2) is 189 Å². The first kappa shape index (κ1) is 68.4. The van der Waals surface area contributed by atoms with Crippen molar-refractivity contribution in [2.24, 2.45) is 0 Å². The third-order valence-electron chi connectivity index (χ3n) is 15.7. The molecule has 25 nitrogen and oxygen atoms in total. The van der Waals surface area contributed by atoms with E-state index in [1.54, 1.807) is 37.7 Å². The second-order valence-corrected chi connectivity index (χ2v) is 23.6. The Balaban J connectivity index is 0.000000174. The molecule has 0 unspecified atom stereocenters. The van der Waals surface area contributed by atoms with E-state index in [-0.39, 0.29) is 74.0 Å². The van der Waals surface area contributed by atoms with Gasteiger partial charge in [-0.05, 0) is 204 Å². The van der Waals surface area contributed by atoms with Gasteiger partial charge in [0.15, 0.2) is 6.29 Å². The Morgan fingerprint density at radius 1 is 0.568 bits per heavy atom. The van der Waals surface area contributed by atoms with E-state index in [1.807, 2.05) is 6.07 Å². The third-order valence-corrected chi connectivity index (χ3v) is 17.6. The summed E-state index contributed by atoms with van der Waals surface area (Å²) in [6, 6.07) is 12.4. The van der Waals surface area contributed by atoms with Crippen LogP contribution in [-0.2, 0) is 20.4 Å². The molecule has 0 atom stereocenters. The van der Waals surface area contributed by atoms with Gasteiger partial charge < -0.3 is 53.8 Å². The molecule has 0 aliphatic carbocycles. The first-order valence-electron chi connectivity index (χ1n) is 28.3. The summed E-state index contributed by atoms with van der Waals surface area (Å²) >= 11 is 4.26. The summed E-state index contributed by atoms with van der Waals surface area (Å²) in [6.45, 7) is 10.5. The first-order valence-corrected chi connectivity index (χ1v) is 30.5. The van der Waals surface area contributed by atoms with Crippen LogP contribution >= 0.6 is 45.2 Å². The number of nitrogens with one attached hydrogen (secondary N) is 1. The smallest absolute Gasteiger partial charge is 0.292 e. The van der Waals surface area contributed by atoms with Gasteiger partial charge in [-0.15, -0.1) is 0 Å². The molecule has 7 N–H and O–H groups in total. The molecule has 3 fully saturated rings. The van der Waals surface area contributed by atoms with Crippen molar-refractivity contribution in [2.75, 3.05) is 110 Å². The SMILES string of the molecule is COc1nccc(I)c1-c1nc2cc3c(cc2[nH]1)C(=O)N(CCCN1CCCC1)C3=O.COc1nccc(I)c1C=O.Nc1cc2c(cc1N)C(=O)N(CCCN1CCCC1)C2=O.Nc1cc2c(cc1[N+](=O)[O-])C(=O)N(CCCN1CCCC1)C2=O.[CH3-].[Pd]. The van der Waals surface area contributed by atoms with E-state index >= 15 is 0 Å². The summed E-state index contributed by atoms with van der Waals surface area (Å²) in [5.41, 5.74) is 21.7. The van der Waals surface area contributed by atoms with Crippen LogP contribution in [0, 0.1) is 24.7 Å². The number of carbonyl (C=O) groups is 7. The fourth-order valence-electron chi connectivity index (χ4n) is 11.3. The van der Waals surface area contributed by atoms with Crippen molar-refractivity contribution >= 4 is 121 Å². The van der Waals surface area contributed by atoms with E-state index in [4.69, 9.17) is 26.7 Å². The average molecular weight is 1520 g/mol. The Morgan fingerprint density at radius 3 is 1.34 bits per heavy atom. The number of rotatable bonds is 17. The zero-order valence-electron chi connectivity index (χ0n) is 49.0. The molecule has 3 saturated heterocycles. The Bertz CT molecular complexity index is 3530. The molecule has 6 amide bonds. The molecule has 6 aliphatic rings. The standard InChI is InChI=1S/C22H22IN5O3.C15H18N4O4.C15H20N4O2.C7H6INO2.CH3.Pd/c1-31-20-18(15(23)5-6-24-20)19-25-16-11-13-14(12-17(16)26-19)22(30)28(21(13)29)10-4-9-27-7-2-3-8-27;16-12-8-10-11(9-13(12)19(22)23)15(21)18(14(10)20)7-3-6-17-4-1-2-5-17;16-12-8-10-11(9-13(12)17)15(21)19(14(10)20)7-3-6-18-4-1-2-5-18;1-11-7-5(4-10)6(8)2-3-9-7;;/h5-6,11-12H,2-4,7-10H2,1H3,(H,25,26);8-9H,1-7,16H2;8-9H,1-7,16-17H2;2-4H,1H3;1H3;/q;;;;-1;. The largest absolute Gasteiger partial charge is 0.480 e. The zero-order valence-corrected chi connectivity index (χ0v) is 54.8. The summed E-state index contributed by atoms with van der Waals surface area (Å²) in [7, 11) is 3.06. The molecule has 88 heavy (non-hydrogen) atoms. The van der Waals surface area contributed by atoms with Gasteiger partial charge in [-0.3, -0.25) is 58.4 Å². The summed E-state index contributed by atoms with van der Waals surface area (Å²) in [4.78, 5) is 123. The van der Waals surface area contributed by atoms with Gasteiger partial charge >= 0.3 is 0 Å². The van der Waals surface area contributed by atoms with Gasteiger partial charge in [0.25, 0.3) is 41.1 Å². The summed E-state index contributed by atoms with van der Waals surface area (Å²) in [5.74, 6) is -0.444. The molecular weight excluding hydrogens is 1450 g/mol. The third kappa shape index (κ3) is 15.1. The number of anilines is 3. The van der Waals surface area contributed by atoms with Crippen LogP contribution in [0.1, 0.15) is 130 Å². The molecule has 12 rings (SSSR count). The van der Waals surface area contributed by atoms with E-state index in [0.717, 1.165) is 102 Å². The van der Waals surface area contributed by atoms with Crippen LogP contribution in [0.5, 0.6) is 11.8 Å². The number of amides is 6. The number of fused-ring (bicyclic) bond motifs is 4. The molecule has 3 aromatic carbocycles. The number of benzene rings is 3. The maximum atomic E-state index is 12.9. The number of nitrogen functional groups attached to an aromatic ring is 3. The van der Waals surface area contributed by atoms with E-state index < -0.39 is 16.7 Å². The number of hydrogen-bond acceptors (Lipinski definition) is 20. The van der Waals surface area contributed by atoms with Gasteiger partial charge in [-0.1, -0.05) is 0 Å². The Hall–Kier alpha value is -7.08. The molecule has 0 radical (unpaired) electrons. The van der Waals surface area contributed by atoms with E-state index in [9.17, 15) is 43.7 Å². The number of aldehydes is 1.